The lowest BCUT2D eigenvalue weighted by Gasteiger charge is -2.30. The number of hydrogen-bond donors (Lipinski definition) is 0. The summed E-state index contributed by atoms with van der Waals surface area (Å²) in [6, 6.07) is 1.40. The molecular formula is C16H35AlN. The van der Waals surface area contributed by atoms with Gasteiger partial charge in [-0.3, -0.25) is 4.90 Å². The van der Waals surface area contributed by atoms with Crippen molar-refractivity contribution >= 4 is 16.3 Å². The molecule has 0 saturated heterocycles. The van der Waals surface area contributed by atoms with E-state index in [1.807, 2.05) is 0 Å². The smallest absolute Gasteiger partial charge is 0.173 e. The van der Waals surface area contributed by atoms with Gasteiger partial charge >= 0.3 is 0 Å². The van der Waals surface area contributed by atoms with E-state index in [1.54, 1.807) is 0 Å². The summed E-state index contributed by atoms with van der Waals surface area (Å²) in [5.74, 6) is 0. The summed E-state index contributed by atoms with van der Waals surface area (Å²) < 4.78 is 0. The van der Waals surface area contributed by atoms with Gasteiger partial charge in [-0.15, -0.1) is 5.28 Å². The van der Waals surface area contributed by atoms with Crippen LogP contribution in [0.3, 0.4) is 0 Å². The first-order chi connectivity index (χ1) is 8.59. The predicted molar refractivity (Wildman–Crippen MR) is 85.9 cm³/mol. The molecule has 107 valence electrons. The van der Waals surface area contributed by atoms with E-state index in [1.165, 1.54) is 63.2 Å². The summed E-state index contributed by atoms with van der Waals surface area (Å²) in [6.07, 6.45) is 11.7. The average Bonchev–Trinajstić information content (AvgIpc) is 2.36. The molecule has 1 radical (unpaired) electrons. The number of rotatable bonds is 6. The Kier molecular flexibility index (Phi) is 12.9. The highest BCUT2D eigenvalue weighted by molar-refractivity contribution is 6.08. The van der Waals surface area contributed by atoms with Crippen molar-refractivity contribution in [2.45, 2.75) is 96.4 Å². The molecule has 0 atom stereocenters. The second kappa shape index (κ2) is 12.5. The van der Waals surface area contributed by atoms with Gasteiger partial charge < -0.3 is 0 Å². The Hall–Kier alpha value is 0.492. The summed E-state index contributed by atoms with van der Waals surface area (Å²) in [6.45, 7) is 10.4. The van der Waals surface area contributed by atoms with Gasteiger partial charge in [-0.2, -0.15) is 0 Å². The zero-order valence-electron chi connectivity index (χ0n) is 13.4. The Balaban J connectivity index is 0.000000397. The molecule has 0 unspecified atom stereocenters. The number of nitrogens with zero attached hydrogens (tertiary/aromatic N) is 1. The van der Waals surface area contributed by atoms with Crippen LogP contribution in [0.4, 0.5) is 0 Å². The average molecular weight is 268 g/mol. The Bertz CT molecular complexity index is 145. The van der Waals surface area contributed by atoms with Crippen LogP contribution < -0.4 is 0 Å². The van der Waals surface area contributed by atoms with E-state index in [0.717, 1.165) is 0 Å². The van der Waals surface area contributed by atoms with Crippen LogP contribution in [0.15, 0.2) is 0 Å². The lowest BCUT2D eigenvalue weighted by molar-refractivity contribution is 0.172. The van der Waals surface area contributed by atoms with Crippen molar-refractivity contribution in [2.24, 2.45) is 0 Å². The molecule has 0 aromatic rings. The topological polar surface area (TPSA) is 3.24 Å². The fourth-order valence-electron chi connectivity index (χ4n) is 2.64. The van der Waals surface area contributed by atoms with Crippen LogP contribution in [0.2, 0.25) is 5.28 Å². The number of hydrogen-bond acceptors (Lipinski definition) is 1. The predicted octanol–water partition coefficient (Wildman–Crippen LogP) is 4.55. The largest absolute Gasteiger partial charge is 0.299 e. The first-order valence-corrected chi connectivity index (χ1v) is 9.14. The minimum atomic E-state index is 0.698. The van der Waals surface area contributed by atoms with Gasteiger partial charge in [-0.1, -0.05) is 44.9 Å². The molecule has 1 aliphatic rings. The SMILES string of the molecule is C1CCCCC1.CC(C)N(CCC[CH2][AlH])C(C)C. The van der Waals surface area contributed by atoms with Crippen molar-refractivity contribution in [3.8, 4) is 0 Å². The standard InChI is InChI=1S/C10H22N.C6H12.Al.H/c1-6-7-8-11(9(2)3)10(4)5;1-2-4-6-5-3-1;;/h9-10H,1,6-8H2,2-5H3;1-6H2;;. The zero-order valence-corrected chi connectivity index (χ0v) is 14.8. The molecule has 0 N–H and O–H groups in total. The highest BCUT2D eigenvalue weighted by atomic mass is 27.0. The van der Waals surface area contributed by atoms with Crippen molar-refractivity contribution in [2.75, 3.05) is 6.54 Å². The minimum Gasteiger partial charge on any atom is -0.299 e. The van der Waals surface area contributed by atoms with E-state index in [4.69, 9.17) is 0 Å². The maximum atomic E-state index is 2.57. The zero-order chi connectivity index (χ0) is 13.8. The van der Waals surface area contributed by atoms with E-state index in [-0.39, 0.29) is 0 Å². The van der Waals surface area contributed by atoms with Crippen LogP contribution >= 0.6 is 0 Å². The second-order valence-corrected chi connectivity index (χ2v) is 6.81. The van der Waals surface area contributed by atoms with E-state index in [0.29, 0.717) is 12.1 Å². The van der Waals surface area contributed by atoms with Gasteiger partial charge in [0.05, 0.1) is 0 Å². The Morgan fingerprint density at radius 2 is 1.17 bits per heavy atom. The summed E-state index contributed by atoms with van der Waals surface area (Å²) in [5, 5.41) is 1.35. The third kappa shape index (κ3) is 10.4. The van der Waals surface area contributed by atoms with Gasteiger partial charge in [-0.05, 0) is 40.7 Å². The van der Waals surface area contributed by atoms with Crippen molar-refractivity contribution in [3.63, 3.8) is 0 Å². The first kappa shape index (κ1) is 18.5. The third-order valence-corrected chi connectivity index (χ3v) is 4.24. The molecule has 0 aromatic carbocycles. The molecule has 0 aromatic heterocycles. The van der Waals surface area contributed by atoms with Crippen LogP contribution in [0.1, 0.15) is 79.1 Å². The molecule has 1 rings (SSSR count). The van der Waals surface area contributed by atoms with E-state index >= 15 is 0 Å². The molecular weight excluding hydrogens is 233 g/mol. The summed E-state index contributed by atoms with van der Waals surface area (Å²) in [7, 11) is 0. The Morgan fingerprint density at radius 3 is 1.44 bits per heavy atom. The molecule has 18 heavy (non-hydrogen) atoms. The number of unbranched alkanes of at least 4 members (excludes halogenated alkanes) is 1. The monoisotopic (exact) mass is 268 g/mol. The fourth-order valence-corrected chi connectivity index (χ4v) is 3.00. The molecule has 1 aliphatic carbocycles. The summed E-state index contributed by atoms with van der Waals surface area (Å²) >= 11 is 2.08. The molecule has 1 saturated carbocycles. The molecule has 1 nitrogen and oxygen atoms in total. The van der Waals surface area contributed by atoms with Crippen LogP contribution in [-0.2, 0) is 0 Å². The van der Waals surface area contributed by atoms with E-state index in [2.05, 4.69) is 48.9 Å². The van der Waals surface area contributed by atoms with Gasteiger partial charge in [0.1, 0.15) is 0 Å². The lowest BCUT2D eigenvalue weighted by atomic mass is 10.0. The molecule has 0 amide bonds. The maximum absolute atomic E-state index is 2.57. The van der Waals surface area contributed by atoms with Crippen molar-refractivity contribution < 1.29 is 0 Å². The second-order valence-electron chi connectivity index (χ2n) is 6.11. The van der Waals surface area contributed by atoms with Gasteiger partial charge in [0.25, 0.3) is 0 Å². The van der Waals surface area contributed by atoms with Crippen LogP contribution in [0.5, 0.6) is 0 Å². The minimum absolute atomic E-state index is 0.698. The van der Waals surface area contributed by atoms with Gasteiger partial charge in [-0.25, -0.2) is 0 Å². The highest BCUT2D eigenvalue weighted by Gasteiger charge is 2.11. The van der Waals surface area contributed by atoms with E-state index < -0.39 is 0 Å². The van der Waals surface area contributed by atoms with Crippen LogP contribution in [0, 0.1) is 0 Å². The van der Waals surface area contributed by atoms with Crippen LogP contribution in [0.25, 0.3) is 0 Å². The molecule has 2 heteroatoms. The molecule has 0 bridgehead atoms. The van der Waals surface area contributed by atoms with Crippen molar-refractivity contribution in [3.05, 3.63) is 0 Å². The molecule has 1 fully saturated rings. The first-order valence-electron chi connectivity index (χ1n) is 8.14. The lowest BCUT2D eigenvalue weighted by Crippen LogP contribution is -2.37. The molecule has 0 spiro atoms. The maximum Gasteiger partial charge on any atom is 0.173 e. The summed E-state index contributed by atoms with van der Waals surface area (Å²) in [5.41, 5.74) is 0. The molecule has 0 aliphatic heterocycles. The summed E-state index contributed by atoms with van der Waals surface area (Å²) in [4.78, 5) is 2.57. The molecule has 0 heterocycles. The van der Waals surface area contributed by atoms with Gasteiger partial charge in [0.2, 0.25) is 0 Å². The quantitative estimate of drug-likeness (QED) is 0.505. The Morgan fingerprint density at radius 1 is 0.778 bits per heavy atom. The highest BCUT2D eigenvalue weighted by Crippen LogP contribution is 2.15. The normalized spacial score (nSPS) is 15.9. The van der Waals surface area contributed by atoms with Crippen molar-refractivity contribution in [1.82, 2.24) is 4.90 Å². The van der Waals surface area contributed by atoms with Crippen molar-refractivity contribution in [1.29, 1.82) is 0 Å². The van der Waals surface area contributed by atoms with E-state index in [9.17, 15) is 0 Å². The third-order valence-electron chi connectivity index (χ3n) is 3.74. The van der Waals surface area contributed by atoms with Gasteiger partial charge in [0, 0.05) is 12.1 Å². The fraction of sp³-hybridized carbons (Fsp3) is 1.00. The Labute approximate surface area is 124 Å². The van der Waals surface area contributed by atoms with Crippen LogP contribution in [-0.4, -0.2) is 39.8 Å². The van der Waals surface area contributed by atoms with Gasteiger partial charge in [0.15, 0.2) is 16.3 Å².